The van der Waals surface area contributed by atoms with Gasteiger partial charge in [0.25, 0.3) is 0 Å². The Morgan fingerprint density at radius 3 is 1.43 bits per heavy atom. The van der Waals surface area contributed by atoms with E-state index in [9.17, 15) is 5.11 Å². The Kier molecular flexibility index (Phi) is 12.3. The zero-order chi connectivity index (χ0) is 32.2. The summed E-state index contributed by atoms with van der Waals surface area (Å²) in [6, 6.07) is 40.0. The van der Waals surface area contributed by atoms with E-state index in [1.54, 1.807) is 0 Å². The highest BCUT2D eigenvalue weighted by Gasteiger charge is 2.59. The second kappa shape index (κ2) is 16.6. The highest BCUT2D eigenvalue weighted by Crippen LogP contribution is 2.39. The second-order valence-electron chi connectivity index (χ2n) is 12.6. The molecule has 0 aliphatic carbocycles. The Balaban J connectivity index is 1.51. The molecule has 0 amide bonds. The third-order valence-electron chi connectivity index (χ3n) is 7.71. The average Bonchev–Trinajstić information content (AvgIpc) is 3.07. The summed E-state index contributed by atoms with van der Waals surface area (Å²) in [5, 5.41) is 11.1. The van der Waals surface area contributed by atoms with Gasteiger partial charge in [0.05, 0.1) is 39.6 Å². The van der Waals surface area contributed by atoms with E-state index in [1.807, 2.05) is 121 Å². The lowest BCUT2D eigenvalue weighted by Gasteiger charge is -2.53. The van der Waals surface area contributed by atoms with Crippen molar-refractivity contribution in [1.82, 2.24) is 0 Å². The van der Waals surface area contributed by atoms with Gasteiger partial charge >= 0.3 is 0 Å². The number of ether oxygens (including phenoxy) is 5. The number of hydrogen-bond acceptors (Lipinski definition) is 7. The minimum absolute atomic E-state index is 0.196. The lowest BCUT2D eigenvalue weighted by molar-refractivity contribution is -0.370. The van der Waals surface area contributed by atoms with E-state index in [-0.39, 0.29) is 13.2 Å². The van der Waals surface area contributed by atoms with Gasteiger partial charge in [-0.25, -0.2) is 0 Å². The molecule has 4 aromatic rings. The molecule has 7 nitrogen and oxygen atoms in total. The average molecular weight is 643 g/mol. The number of benzene rings is 4. The van der Waals surface area contributed by atoms with E-state index >= 15 is 0 Å². The normalized spacial score (nSPS) is 23.3. The fourth-order valence-corrected chi connectivity index (χ4v) is 6.95. The van der Waals surface area contributed by atoms with Crippen molar-refractivity contribution in [3.63, 3.8) is 0 Å². The monoisotopic (exact) mass is 642 g/mol. The van der Waals surface area contributed by atoms with Crippen LogP contribution in [0.1, 0.15) is 22.3 Å². The molecule has 0 radical (unpaired) electrons. The quantitative estimate of drug-likeness (QED) is 0.133. The van der Waals surface area contributed by atoms with Crippen molar-refractivity contribution < 1.29 is 33.2 Å². The van der Waals surface area contributed by atoms with Gasteiger partial charge in [-0.15, -0.1) is 0 Å². The molecular weight excluding hydrogens is 596 g/mol. The first-order valence-corrected chi connectivity index (χ1v) is 19.3. The summed E-state index contributed by atoms with van der Waals surface area (Å²) in [6.45, 7) is 7.30. The SMILES string of the molecule is C[Si](C)(C)O[C@@]1(CO)O[C@H](COCc2ccccc2)[C@@H](OCc2ccccc2)[C@H](OCc2ccccc2)[C@H]1OCc1ccccc1. The van der Waals surface area contributed by atoms with E-state index < -0.39 is 45.1 Å². The minimum Gasteiger partial charge on any atom is -0.391 e. The maximum absolute atomic E-state index is 11.1. The minimum atomic E-state index is -2.31. The van der Waals surface area contributed by atoms with Crippen LogP contribution in [0, 0.1) is 0 Å². The molecule has 0 bridgehead atoms. The molecule has 8 heteroatoms. The predicted octanol–water partition coefficient (Wildman–Crippen LogP) is 6.90. The van der Waals surface area contributed by atoms with E-state index in [2.05, 4.69) is 19.6 Å². The fourth-order valence-electron chi connectivity index (χ4n) is 5.68. The highest BCUT2D eigenvalue weighted by molar-refractivity contribution is 6.69. The molecule has 46 heavy (non-hydrogen) atoms. The van der Waals surface area contributed by atoms with Crippen molar-refractivity contribution in [3.8, 4) is 0 Å². The van der Waals surface area contributed by atoms with E-state index in [4.69, 9.17) is 28.1 Å². The van der Waals surface area contributed by atoms with Crippen molar-refractivity contribution >= 4 is 8.32 Å². The Labute approximate surface area is 274 Å². The summed E-state index contributed by atoms with van der Waals surface area (Å²) in [4.78, 5) is 0. The molecule has 1 aliphatic rings. The Morgan fingerprint density at radius 1 is 0.587 bits per heavy atom. The van der Waals surface area contributed by atoms with Crippen molar-refractivity contribution in [1.29, 1.82) is 0 Å². The summed E-state index contributed by atoms with van der Waals surface area (Å²) < 4.78 is 40.0. The van der Waals surface area contributed by atoms with Crippen LogP contribution in [0.5, 0.6) is 0 Å². The lowest BCUT2D eigenvalue weighted by Crippen LogP contribution is -2.71. The maximum Gasteiger partial charge on any atom is 0.212 e. The first-order chi connectivity index (χ1) is 22.4. The van der Waals surface area contributed by atoms with Gasteiger partial charge in [-0.2, -0.15) is 0 Å². The van der Waals surface area contributed by atoms with Gasteiger partial charge in [0.1, 0.15) is 24.4 Å². The zero-order valence-corrected chi connectivity index (χ0v) is 28.0. The van der Waals surface area contributed by atoms with Gasteiger partial charge < -0.3 is 33.2 Å². The molecule has 0 unspecified atom stereocenters. The van der Waals surface area contributed by atoms with Gasteiger partial charge in [0.2, 0.25) is 5.79 Å². The lowest BCUT2D eigenvalue weighted by atomic mass is 9.91. The van der Waals surface area contributed by atoms with Crippen LogP contribution in [0.3, 0.4) is 0 Å². The van der Waals surface area contributed by atoms with Gasteiger partial charge in [0.15, 0.2) is 8.32 Å². The first kappa shape index (κ1) is 34.2. The molecule has 1 aliphatic heterocycles. The van der Waals surface area contributed by atoms with Gasteiger partial charge in [0, 0.05) is 0 Å². The van der Waals surface area contributed by atoms with Crippen LogP contribution < -0.4 is 0 Å². The maximum atomic E-state index is 11.1. The van der Waals surface area contributed by atoms with Crippen molar-refractivity contribution in [3.05, 3.63) is 144 Å². The molecule has 1 saturated heterocycles. The van der Waals surface area contributed by atoms with Crippen LogP contribution in [0.15, 0.2) is 121 Å². The Hall–Kier alpha value is -3.18. The molecule has 1 heterocycles. The molecule has 244 valence electrons. The van der Waals surface area contributed by atoms with Crippen LogP contribution in [-0.2, 0) is 54.5 Å². The number of aliphatic hydroxyl groups is 1. The molecule has 5 rings (SSSR count). The molecular formula is C38H46O7Si. The second-order valence-corrected chi connectivity index (χ2v) is 17.0. The smallest absolute Gasteiger partial charge is 0.212 e. The number of hydrogen-bond donors (Lipinski definition) is 1. The number of rotatable bonds is 16. The van der Waals surface area contributed by atoms with Crippen LogP contribution in [-0.4, -0.2) is 56.8 Å². The molecule has 0 saturated carbocycles. The largest absolute Gasteiger partial charge is 0.391 e. The van der Waals surface area contributed by atoms with E-state index in [1.165, 1.54) is 0 Å². The zero-order valence-electron chi connectivity index (χ0n) is 27.0. The van der Waals surface area contributed by atoms with Crippen LogP contribution in [0.4, 0.5) is 0 Å². The summed E-state index contributed by atoms with van der Waals surface area (Å²) in [6.07, 6.45) is -2.73. The topological polar surface area (TPSA) is 75.6 Å². The van der Waals surface area contributed by atoms with Gasteiger partial charge in [-0.1, -0.05) is 121 Å². The van der Waals surface area contributed by atoms with Crippen molar-refractivity contribution in [2.45, 2.75) is 76.3 Å². The van der Waals surface area contributed by atoms with Gasteiger partial charge in [-0.05, 0) is 41.9 Å². The van der Waals surface area contributed by atoms with E-state index in [0.29, 0.717) is 19.8 Å². The summed E-state index contributed by atoms with van der Waals surface area (Å²) in [7, 11) is -2.31. The standard InChI is InChI=1S/C38H46O7Si/c1-46(2,3)45-38(29-39)37(43-27-33-22-14-7-15-23-33)36(42-26-32-20-12-6-13-21-32)35(41-25-31-18-10-5-11-19-31)34(44-38)28-40-24-30-16-8-4-9-17-30/h4-23,34-37,39H,24-29H2,1-3H3/t34-,35-,36+,37-,38-/m1/s1. The van der Waals surface area contributed by atoms with Crippen LogP contribution in [0.2, 0.25) is 19.6 Å². The molecule has 0 spiro atoms. The van der Waals surface area contributed by atoms with Crippen molar-refractivity contribution in [2.75, 3.05) is 13.2 Å². The first-order valence-electron chi connectivity index (χ1n) is 15.9. The molecule has 1 N–H and O–H groups in total. The summed E-state index contributed by atoms with van der Waals surface area (Å²) >= 11 is 0. The third-order valence-corrected chi connectivity index (χ3v) is 8.67. The number of aliphatic hydroxyl groups excluding tert-OH is 1. The Bertz CT molecular complexity index is 1420. The molecule has 4 aromatic carbocycles. The summed E-state index contributed by atoms with van der Waals surface area (Å²) in [5.74, 6) is -1.51. The third kappa shape index (κ3) is 9.67. The molecule has 5 atom stereocenters. The van der Waals surface area contributed by atoms with Gasteiger partial charge in [-0.3, -0.25) is 0 Å². The molecule has 0 aromatic heterocycles. The van der Waals surface area contributed by atoms with Crippen LogP contribution >= 0.6 is 0 Å². The van der Waals surface area contributed by atoms with E-state index in [0.717, 1.165) is 22.3 Å². The molecule has 1 fully saturated rings. The predicted molar refractivity (Wildman–Crippen MR) is 180 cm³/mol. The van der Waals surface area contributed by atoms with Crippen molar-refractivity contribution in [2.24, 2.45) is 0 Å². The Morgan fingerprint density at radius 2 is 1.00 bits per heavy atom. The highest BCUT2D eigenvalue weighted by atomic mass is 28.4. The van der Waals surface area contributed by atoms with Crippen LogP contribution in [0.25, 0.3) is 0 Å². The fraction of sp³-hybridized carbons (Fsp3) is 0.368. The summed E-state index contributed by atoms with van der Waals surface area (Å²) in [5.41, 5.74) is 4.06.